The average molecular weight is 269 g/mol. The maximum absolute atomic E-state index is 5.85. The summed E-state index contributed by atoms with van der Waals surface area (Å²) < 4.78 is 11.4. The third kappa shape index (κ3) is 2.89. The number of ether oxygens (including phenoxy) is 2. The molecule has 1 atom stereocenters. The molecule has 0 saturated carbocycles. The molecule has 0 N–H and O–H groups in total. The number of fused-ring (bicyclic) bond motifs is 1. The highest BCUT2D eigenvalue weighted by Crippen LogP contribution is 2.21. The van der Waals surface area contributed by atoms with Gasteiger partial charge in [0.15, 0.2) is 6.29 Å². The van der Waals surface area contributed by atoms with Gasteiger partial charge in [0.2, 0.25) is 0 Å². The summed E-state index contributed by atoms with van der Waals surface area (Å²) in [6, 6.07) is 10.2. The van der Waals surface area contributed by atoms with Gasteiger partial charge in [-0.05, 0) is 37.5 Å². The third-order valence-electron chi connectivity index (χ3n) is 3.59. The fraction of sp³-hybridized carbons (Fsp3) is 0.353. The third-order valence-corrected chi connectivity index (χ3v) is 3.59. The molecule has 1 aliphatic heterocycles. The van der Waals surface area contributed by atoms with Gasteiger partial charge >= 0.3 is 0 Å². The van der Waals surface area contributed by atoms with Crippen molar-refractivity contribution in [1.82, 2.24) is 4.98 Å². The standard InChI is InChI=1S/C17H19NO2/c1-2-15-14(12-20-17-9-5-6-10-19-17)11-13-7-3-4-8-16(13)18-15/h2-4,7-8,11,17H,1,5-6,9-10,12H2. The fourth-order valence-corrected chi connectivity index (χ4v) is 2.49. The maximum atomic E-state index is 5.85. The number of nitrogens with zero attached hydrogens (tertiary/aromatic N) is 1. The summed E-state index contributed by atoms with van der Waals surface area (Å²) in [5, 5.41) is 1.13. The Labute approximate surface area is 119 Å². The zero-order chi connectivity index (χ0) is 13.8. The molecule has 0 amide bonds. The Kier molecular flexibility index (Phi) is 4.09. The lowest BCUT2D eigenvalue weighted by Gasteiger charge is -2.23. The van der Waals surface area contributed by atoms with E-state index in [9.17, 15) is 0 Å². The number of para-hydroxylation sites is 1. The lowest BCUT2D eigenvalue weighted by molar-refractivity contribution is -0.168. The molecule has 0 radical (unpaired) electrons. The van der Waals surface area contributed by atoms with E-state index in [0.717, 1.165) is 41.6 Å². The summed E-state index contributed by atoms with van der Waals surface area (Å²) in [4.78, 5) is 4.62. The van der Waals surface area contributed by atoms with Gasteiger partial charge in [-0.3, -0.25) is 0 Å². The lowest BCUT2D eigenvalue weighted by Crippen LogP contribution is -2.22. The van der Waals surface area contributed by atoms with E-state index in [1.54, 1.807) is 6.08 Å². The molecule has 1 aromatic heterocycles. The molecule has 1 fully saturated rings. The van der Waals surface area contributed by atoms with Crippen molar-refractivity contribution in [3.8, 4) is 0 Å². The average Bonchev–Trinajstić information content (AvgIpc) is 2.53. The number of pyridine rings is 1. The first kappa shape index (κ1) is 13.3. The highest BCUT2D eigenvalue weighted by molar-refractivity contribution is 5.80. The molecule has 3 nitrogen and oxygen atoms in total. The zero-order valence-electron chi connectivity index (χ0n) is 11.5. The first-order chi connectivity index (χ1) is 9.86. The van der Waals surface area contributed by atoms with Crippen LogP contribution in [0.4, 0.5) is 0 Å². The molecule has 1 saturated heterocycles. The summed E-state index contributed by atoms with van der Waals surface area (Å²) in [6.45, 7) is 5.16. The number of rotatable bonds is 4. The molecular formula is C17H19NO2. The second kappa shape index (κ2) is 6.16. The molecule has 2 aromatic rings. The van der Waals surface area contributed by atoms with Crippen LogP contribution in [-0.4, -0.2) is 17.9 Å². The van der Waals surface area contributed by atoms with Crippen molar-refractivity contribution in [3.63, 3.8) is 0 Å². The second-order valence-electron chi connectivity index (χ2n) is 5.04. The van der Waals surface area contributed by atoms with Crippen LogP contribution in [0.3, 0.4) is 0 Å². The zero-order valence-corrected chi connectivity index (χ0v) is 11.5. The molecular weight excluding hydrogens is 250 g/mol. The van der Waals surface area contributed by atoms with Gasteiger partial charge in [0, 0.05) is 17.6 Å². The van der Waals surface area contributed by atoms with Crippen molar-refractivity contribution in [2.75, 3.05) is 6.61 Å². The Morgan fingerprint density at radius 3 is 3.05 bits per heavy atom. The van der Waals surface area contributed by atoms with Gasteiger partial charge < -0.3 is 9.47 Å². The maximum Gasteiger partial charge on any atom is 0.158 e. The molecule has 104 valence electrons. The van der Waals surface area contributed by atoms with Gasteiger partial charge in [0.25, 0.3) is 0 Å². The minimum atomic E-state index is -0.0760. The largest absolute Gasteiger partial charge is 0.353 e. The van der Waals surface area contributed by atoms with E-state index in [4.69, 9.17) is 9.47 Å². The monoisotopic (exact) mass is 269 g/mol. The van der Waals surface area contributed by atoms with Crippen molar-refractivity contribution in [1.29, 1.82) is 0 Å². The fourth-order valence-electron chi connectivity index (χ4n) is 2.49. The molecule has 2 heterocycles. The van der Waals surface area contributed by atoms with E-state index in [-0.39, 0.29) is 6.29 Å². The molecule has 20 heavy (non-hydrogen) atoms. The van der Waals surface area contributed by atoms with E-state index in [0.29, 0.717) is 6.61 Å². The van der Waals surface area contributed by atoms with Crippen molar-refractivity contribution in [2.45, 2.75) is 32.2 Å². The van der Waals surface area contributed by atoms with Crippen LogP contribution in [0.1, 0.15) is 30.5 Å². The smallest absolute Gasteiger partial charge is 0.158 e. The van der Waals surface area contributed by atoms with Crippen molar-refractivity contribution >= 4 is 17.0 Å². The summed E-state index contributed by atoms with van der Waals surface area (Å²) in [7, 11) is 0. The van der Waals surface area contributed by atoms with Crippen LogP contribution in [0.2, 0.25) is 0 Å². The van der Waals surface area contributed by atoms with Gasteiger partial charge in [-0.1, -0.05) is 24.8 Å². The molecule has 3 heteroatoms. The van der Waals surface area contributed by atoms with Crippen LogP contribution < -0.4 is 0 Å². The van der Waals surface area contributed by atoms with Gasteiger partial charge in [-0.15, -0.1) is 0 Å². The van der Waals surface area contributed by atoms with E-state index in [1.807, 2.05) is 18.2 Å². The normalized spacial score (nSPS) is 19.1. The molecule has 1 unspecified atom stereocenters. The van der Waals surface area contributed by atoms with Crippen molar-refractivity contribution in [2.24, 2.45) is 0 Å². The summed E-state index contributed by atoms with van der Waals surface area (Å²) in [5.41, 5.74) is 2.94. The van der Waals surface area contributed by atoms with Gasteiger partial charge in [0.05, 0.1) is 17.8 Å². The molecule has 0 aliphatic carbocycles. The topological polar surface area (TPSA) is 31.4 Å². The first-order valence-electron chi connectivity index (χ1n) is 7.11. The Morgan fingerprint density at radius 1 is 1.35 bits per heavy atom. The Balaban J connectivity index is 1.80. The lowest BCUT2D eigenvalue weighted by atomic mass is 10.1. The number of aromatic nitrogens is 1. The summed E-state index contributed by atoms with van der Waals surface area (Å²) in [5.74, 6) is 0. The molecule has 1 aromatic carbocycles. The summed E-state index contributed by atoms with van der Waals surface area (Å²) >= 11 is 0. The minimum Gasteiger partial charge on any atom is -0.353 e. The first-order valence-corrected chi connectivity index (χ1v) is 7.11. The van der Waals surface area contributed by atoms with Gasteiger partial charge in [-0.2, -0.15) is 0 Å². The Morgan fingerprint density at radius 2 is 2.25 bits per heavy atom. The van der Waals surface area contributed by atoms with Crippen LogP contribution in [0.15, 0.2) is 36.9 Å². The quantitative estimate of drug-likeness (QED) is 0.843. The van der Waals surface area contributed by atoms with Gasteiger partial charge in [0.1, 0.15) is 0 Å². The van der Waals surface area contributed by atoms with Crippen LogP contribution in [0.5, 0.6) is 0 Å². The van der Waals surface area contributed by atoms with Crippen LogP contribution in [-0.2, 0) is 16.1 Å². The minimum absolute atomic E-state index is 0.0760. The molecule has 1 aliphatic rings. The number of benzene rings is 1. The van der Waals surface area contributed by atoms with Crippen molar-refractivity contribution in [3.05, 3.63) is 48.2 Å². The number of hydrogen-bond donors (Lipinski definition) is 0. The molecule has 0 spiro atoms. The van der Waals surface area contributed by atoms with E-state index in [2.05, 4.69) is 23.7 Å². The second-order valence-corrected chi connectivity index (χ2v) is 5.04. The Bertz CT molecular complexity index is 603. The van der Waals surface area contributed by atoms with Crippen LogP contribution in [0, 0.1) is 0 Å². The van der Waals surface area contributed by atoms with Gasteiger partial charge in [-0.25, -0.2) is 4.98 Å². The van der Waals surface area contributed by atoms with Crippen LogP contribution >= 0.6 is 0 Å². The predicted octanol–water partition coefficient (Wildman–Crippen LogP) is 3.92. The molecule has 3 rings (SSSR count). The van der Waals surface area contributed by atoms with E-state index >= 15 is 0 Å². The Hall–Kier alpha value is -1.71. The van der Waals surface area contributed by atoms with Crippen LogP contribution in [0.25, 0.3) is 17.0 Å². The van der Waals surface area contributed by atoms with E-state index in [1.165, 1.54) is 6.42 Å². The highest BCUT2D eigenvalue weighted by Gasteiger charge is 2.15. The van der Waals surface area contributed by atoms with E-state index < -0.39 is 0 Å². The SMILES string of the molecule is C=Cc1nc2ccccc2cc1COC1CCCCO1. The summed E-state index contributed by atoms with van der Waals surface area (Å²) in [6.07, 6.45) is 4.99. The predicted molar refractivity (Wildman–Crippen MR) is 80.2 cm³/mol. The number of hydrogen-bond acceptors (Lipinski definition) is 3. The highest BCUT2D eigenvalue weighted by atomic mass is 16.7. The van der Waals surface area contributed by atoms with Crippen molar-refractivity contribution < 1.29 is 9.47 Å². The molecule has 0 bridgehead atoms.